The average molecular weight is 376 g/mol. The van der Waals surface area contributed by atoms with Crippen LogP contribution in [0.15, 0.2) is 55.1 Å². The Balaban J connectivity index is 1.88. The summed E-state index contributed by atoms with van der Waals surface area (Å²) < 4.78 is 26.3. The average Bonchev–Trinajstić information content (AvgIpc) is 3.15. The van der Waals surface area contributed by atoms with E-state index in [2.05, 4.69) is 10.1 Å². The minimum Gasteiger partial charge on any atom is -0.457 e. The zero-order valence-electron chi connectivity index (χ0n) is 14.5. The van der Waals surface area contributed by atoms with Crippen LogP contribution in [0.2, 0.25) is 5.02 Å². The van der Waals surface area contributed by atoms with Crippen LogP contribution in [0.3, 0.4) is 0 Å². The monoisotopic (exact) mass is 375 g/mol. The summed E-state index contributed by atoms with van der Waals surface area (Å²) in [5.74, 6) is 0.783. The van der Waals surface area contributed by atoms with Gasteiger partial charge in [-0.25, -0.2) is 14.1 Å². The first-order chi connectivity index (χ1) is 12.6. The minimum absolute atomic E-state index is 0.313. The fraction of sp³-hybridized carbons (Fsp3) is 0.263. The molecule has 0 aliphatic carbocycles. The topological polar surface area (TPSA) is 49.2 Å². The number of aromatic nitrogens is 3. The third-order valence-electron chi connectivity index (χ3n) is 4.33. The van der Waals surface area contributed by atoms with Gasteiger partial charge in [0.2, 0.25) is 0 Å². The zero-order chi connectivity index (χ0) is 18.6. The van der Waals surface area contributed by atoms with E-state index in [0.29, 0.717) is 29.5 Å². The van der Waals surface area contributed by atoms with Crippen molar-refractivity contribution in [2.24, 2.45) is 0 Å². The van der Waals surface area contributed by atoms with Gasteiger partial charge in [-0.05, 0) is 42.8 Å². The Morgan fingerprint density at radius 3 is 2.46 bits per heavy atom. The smallest absolute Gasteiger partial charge is 0.137 e. The van der Waals surface area contributed by atoms with Crippen LogP contribution >= 0.6 is 11.6 Å². The number of hydrogen-bond acceptors (Lipinski definition) is 4. The van der Waals surface area contributed by atoms with E-state index in [1.165, 1.54) is 18.5 Å². The summed E-state index contributed by atoms with van der Waals surface area (Å²) in [4.78, 5) is 3.97. The molecule has 1 aromatic heterocycles. The maximum absolute atomic E-state index is 13.0. The molecule has 3 rings (SSSR count). The van der Waals surface area contributed by atoms with Crippen LogP contribution in [-0.2, 0) is 16.9 Å². The Morgan fingerprint density at radius 2 is 1.88 bits per heavy atom. The lowest BCUT2D eigenvalue weighted by atomic mass is 9.90. The molecule has 0 N–H and O–H groups in total. The largest absolute Gasteiger partial charge is 0.457 e. The number of benzene rings is 2. The fourth-order valence-corrected chi connectivity index (χ4v) is 3.19. The van der Waals surface area contributed by atoms with Gasteiger partial charge in [0.25, 0.3) is 0 Å². The number of methoxy groups -OCH3 is 1. The van der Waals surface area contributed by atoms with Crippen LogP contribution < -0.4 is 4.74 Å². The molecule has 2 aromatic carbocycles. The zero-order valence-corrected chi connectivity index (χ0v) is 15.3. The van der Waals surface area contributed by atoms with Gasteiger partial charge < -0.3 is 9.47 Å². The quantitative estimate of drug-likeness (QED) is 0.594. The van der Waals surface area contributed by atoms with Crippen molar-refractivity contribution < 1.29 is 13.9 Å². The number of hydrogen-bond donors (Lipinski definition) is 0. The van der Waals surface area contributed by atoms with Crippen LogP contribution in [0.25, 0.3) is 0 Å². The molecule has 0 aliphatic rings. The Morgan fingerprint density at radius 1 is 1.15 bits per heavy atom. The van der Waals surface area contributed by atoms with E-state index in [4.69, 9.17) is 21.1 Å². The van der Waals surface area contributed by atoms with Gasteiger partial charge >= 0.3 is 0 Å². The predicted molar refractivity (Wildman–Crippen MR) is 96.9 cm³/mol. The first kappa shape index (κ1) is 18.4. The lowest BCUT2D eigenvalue weighted by Crippen LogP contribution is -2.33. The molecule has 0 radical (unpaired) electrons. The molecule has 1 atom stereocenters. The lowest BCUT2D eigenvalue weighted by molar-refractivity contribution is -0.0354. The molecule has 0 fully saturated rings. The van der Waals surface area contributed by atoms with Gasteiger partial charge in [0, 0.05) is 12.7 Å². The molecule has 0 saturated heterocycles. The van der Waals surface area contributed by atoms with Crippen molar-refractivity contribution in [2.45, 2.75) is 25.5 Å². The molecule has 0 aliphatic heterocycles. The second-order valence-electron chi connectivity index (χ2n) is 5.84. The van der Waals surface area contributed by atoms with Gasteiger partial charge in [-0.3, -0.25) is 0 Å². The third kappa shape index (κ3) is 3.86. The SMILES string of the molecule is CCC(Cn1cncn1)(OC)c1ccc(Oc2ccc(F)cc2)cc1Cl. The maximum atomic E-state index is 13.0. The third-order valence-corrected chi connectivity index (χ3v) is 4.64. The van der Waals surface area contributed by atoms with E-state index in [1.807, 2.05) is 19.1 Å². The number of rotatable bonds is 7. The first-order valence-electron chi connectivity index (χ1n) is 8.17. The van der Waals surface area contributed by atoms with Gasteiger partial charge in [-0.1, -0.05) is 24.6 Å². The highest BCUT2D eigenvalue weighted by atomic mass is 35.5. The van der Waals surface area contributed by atoms with Crippen LogP contribution in [0.5, 0.6) is 11.5 Å². The Hall–Kier alpha value is -2.44. The van der Waals surface area contributed by atoms with E-state index in [0.717, 1.165) is 5.56 Å². The molecule has 136 valence electrons. The van der Waals surface area contributed by atoms with E-state index < -0.39 is 5.60 Å². The molecule has 1 heterocycles. The summed E-state index contributed by atoms with van der Waals surface area (Å²) in [6, 6.07) is 11.2. The number of ether oxygens (including phenoxy) is 2. The molecule has 1 unspecified atom stereocenters. The molecule has 0 bridgehead atoms. The molecular formula is C19H19ClFN3O2. The van der Waals surface area contributed by atoms with Crippen LogP contribution in [-0.4, -0.2) is 21.9 Å². The molecule has 26 heavy (non-hydrogen) atoms. The molecular weight excluding hydrogens is 357 g/mol. The molecule has 7 heteroatoms. The molecule has 3 aromatic rings. The van der Waals surface area contributed by atoms with Gasteiger partial charge in [0.05, 0.1) is 11.6 Å². The van der Waals surface area contributed by atoms with Crippen LogP contribution in [0.4, 0.5) is 4.39 Å². The standard InChI is InChI=1S/C19H19ClFN3O2/c1-3-19(25-2,11-24-13-22-12-23-24)17-9-8-16(10-18(17)20)26-15-6-4-14(21)5-7-15/h4-10,12-13H,3,11H2,1-2H3. The highest BCUT2D eigenvalue weighted by Gasteiger charge is 2.33. The van der Waals surface area contributed by atoms with E-state index in [9.17, 15) is 4.39 Å². The van der Waals surface area contributed by atoms with Crippen molar-refractivity contribution in [1.82, 2.24) is 14.8 Å². The van der Waals surface area contributed by atoms with Crippen molar-refractivity contribution in [1.29, 1.82) is 0 Å². The normalized spacial score (nSPS) is 13.4. The summed E-state index contributed by atoms with van der Waals surface area (Å²) in [5.41, 5.74) is 0.199. The van der Waals surface area contributed by atoms with Crippen LogP contribution in [0, 0.1) is 5.82 Å². The second-order valence-corrected chi connectivity index (χ2v) is 6.25. The highest BCUT2D eigenvalue weighted by Crippen LogP contribution is 2.38. The molecule has 0 spiro atoms. The van der Waals surface area contributed by atoms with E-state index >= 15 is 0 Å². The Labute approximate surface area is 156 Å². The summed E-state index contributed by atoms with van der Waals surface area (Å²) in [7, 11) is 1.65. The molecule has 0 amide bonds. The molecule has 0 saturated carbocycles. The first-order valence-corrected chi connectivity index (χ1v) is 8.55. The summed E-state index contributed by atoms with van der Waals surface area (Å²) in [5, 5.41) is 4.68. The summed E-state index contributed by atoms with van der Waals surface area (Å²) in [6.45, 7) is 2.51. The van der Waals surface area contributed by atoms with Gasteiger partial charge in [0.15, 0.2) is 0 Å². The Bertz CT molecular complexity index is 850. The summed E-state index contributed by atoms with van der Waals surface area (Å²) >= 11 is 6.54. The Kier molecular flexibility index (Phi) is 5.54. The second kappa shape index (κ2) is 7.85. The fourth-order valence-electron chi connectivity index (χ4n) is 2.85. The summed E-state index contributed by atoms with van der Waals surface area (Å²) in [6.07, 6.45) is 3.82. The van der Waals surface area contributed by atoms with E-state index in [-0.39, 0.29) is 5.82 Å². The van der Waals surface area contributed by atoms with Crippen molar-refractivity contribution in [3.05, 3.63) is 71.5 Å². The molecule has 5 nitrogen and oxygen atoms in total. The van der Waals surface area contributed by atoms with Crippen LogP contribution in [0.1, 0.15) is 18.9 Å². The highest BCUT2D eigenvalue weighted by molar-refractivity contribution is 6.31. The van der Waals surface area contributed by atoms with Gasteiger partial charge in [0.1, 0.15) is 35.6 Å². The van der Waals surface area contributed by atoms with Gasteiger partial charge in [-0.15, -0.1) is 0 Å². The number of nitrogens with zero attached hydrogens (tertiary/aromatic N) is 3. The minimum atomic E-state index is -0.640. The predicted octanol–water partition coefficient (Wildman–Crippen LogP) is 4.81. The van der Waals surface area contributed by atoms with Crippen molar-refractivity contribution in [3.63, 3.8) is 0 Å². The van der Waals surface area contributed by atoms with Crippen molar-refractivity contribution in [2.75, 3.05) is 7.11 Å². The van der Waals surface area contributed by atoms with E-state index in [1.54, 1.807) is 36.3 Å². The maximum Gasteiger partial charge on any atom is 0.137 e. The van der Waals surface area contributed by atoms with Gasteiger partial charge in [-0.2, -0.15) is 5.10 Å². The number of halogens is 2. The lowest BCUT2D eigenvalue weighted by Gasteiger charge is -2.32. The van der Waals surface area contributed by atoms with Crippen molar-refractivity contribution in [3.8, 4) is 11.5 Å². The van der Waals surface area contributed by atoms with Crippen molar-refractivity contribution >= 4 is 11.6 Å².